The maximum absolute atomic E-state index is 12.4. The van der Waals surface area contributed by atoms with Crippen molar-refractivity contribution >= 4 is 34.0 Å². The Labute approximate surface area is 174 Å². The number of amides is 2. The molecule has 3 aromatic rings. The van der Waals surface area contributed by atoms with Crippen molar-refractivity contribution in [3.05, 3.63) is 76.8 Å². The number of hydrogen-bond acceptors (Lipinski definition) is 5. The summed E-state index contributed by atoms with van der Waals surface area (Å²) in [4.78, 5) is 27.7. The first-order chi connectivity index (χ1) is 14.1. The lowest BCUT2D eigenvalue weighted by Gasteiger charge is -2.08. The van der Waals surface area contributed by atoms with Gasteiger partial charge in [-0.2, -0.15) is 0 Å². The molecular weight excluding hydrogens is 384 g/mol. The van der Waals surface area contributed by atoms with Crippen molar-refractivity contribution in [3.63, 3.8) is 0 Å². The summed E-state index contributed by atoms with van der Waals surface area (Å²) in [5, 5.41) is 8.58. The normalized spacial score (nSPS) is 10.5. The average molecular weight is 409 g/mol. The highest BCUT2D eigenvalue weighted by molar-refractivity contribution is 7.13. The van der Waals surface area contributed by atoms with Gasteiger partial charge < -0.3 is 16.4 Å². The lowest BCUT2D eigenvalue weighted by molar-refractivity contribution is -0.117. The number of rotatable bonds is 10. The van der Waals surface area contributed by atoms with E-state index in [-0.39, 0.29) is 12.3 Å². The van der Waals surface area contributed by atoms with Crippen molar-refractivity contribution in [3.8, 4) is 0 Å². The molecule has 6 nitrogen and oxygen atoms in total. The third-order valence-electron chi connectivity index (χ3n) is 4.30. The predicted octanol–water partition coefficient (Wildman–Crippen LogP) is 3.67. The lowest BCUT2D eigenvalue weighted by atomic mass is 10.1. The molecule has 0 atom stereocenters. The van der Waals surface area contributed by atoms with Gasteiger partial charge in [-0.3, -0.25) is 9.59 Å². The third-order valence-corrected chi connectivity index (χ3v) is 5.11. The lowest BCUT2D eigenvalue weighted by Crippen LogP contribution is -2.24. The summed E-state index contributed by atoms with van der Waals surface area (Å²) >= 11 is 1.39. The van der Waals surface area contributed by atoms with E-state index < -0.39 is 5.91 Å². The van der Waals surface area contributed by atoms with Gasteiger partial charge in [-0.25, -0.2) is 4.98 Å². The van der Waals surface area contributed by atoms with Gasteiger partial charge in [0.05, 0.1) is 12.1 Å². The van der Waals surface area contributed by atoms with Crippen molar-refractivity contribution in [1.82, 2.24) is 10.3 Å². The summed E-state index contributed by atoms with van der Waals surface area (Å²) in [5.74, 6) is -0.508. The first-order valence-electron chi connectivity index (χ1n) is 9.52. The highest BCUT2D eigenvalue weighted by Gasteiger charge is 2.08. The van der Waals surface area contributed by atoms with Crippen LogP contribution in [0.15, 0.2) is 60.0 Å². The van der Waals surface area contributed by atoms with Gasteiger partial charge in [0, 0.05) is 23.2 Å². The molecule has 1 aromatic heterocycles. The number of thiazole rings is 1. The number of anilines is 2. The maximum Gasteiger partial charge on any atom is 0.251 e. The van der Waals surface area contributed by atoms with Crippen LogP contribution in [0.2, 0.25) is 0 Å². The number of carbonyl (C=O) groups excluding carboxylic acids is 2. The van der Waals surface area contributed by atoms with Gasteiger partial charge in [0.1, 0.15) is 0 Å². The molecule has 0 aliphatic heterocycles. The quantitative estimate of drug-likeness (QED) is 0.446. The minimum atomic E-state index is -0.413. The molecule has 0 spiro atoms. The average Bonchev–Trinajstić information content (AvgIpc) is 3.14. The fraction of sp³-hybridized carbons (Fsp3) is 0.227. The van der Waals surface area contributed by atoms with E-state index in [0.29, 0.717) is 22.9 Å². The molecule has 0 radical (unpaired) electrons. The van der Waals surface area contributed by atoms with Crippen molar-refractivity contribution in [2.45, 2.75) is 25.7 Å². The number of hydrogen-bond donors (Lipinski definition) is 3. The topological polar surface area (TPSA) is 97.1 Å². The number of nitrogens with one attached hydrogen (secondary N) is 2. The monoisotopic (exact) mass is 408 g/mol. The van der Waals surface area contributed by atoms with E-state index in [1.54, 1.807) is 17.5 Å². The molecule has 0 aliphatic carbocycles. The maximum atomic E-state index is 12.4. The Morgan fingerprint density at radius 1 is 1.03 bits per heavy atom. The zero-order valence-electron chi connectivity index (χ0n) is 16.1. The summed E-state index contributed by atoms with van der Waals surface area (Å²) < 4.78 is 0. The highest BCUT2D eigenvalue weighted by atomic mass is 32.1. The van der Waals surface area contributed by atoms with E-state index in [0.717, 1.165) is 24.9 Å². The van der Waals surface area contributed by atoms with E-state index in [1.807, 2.05) is 30.3 Å². The Morgan fingerprint density at radius 2 is 1.86 bits per heavy atom. The molecule has 1 heterocycles. The first kappa shape index (κ1) is 20.5. The van der Waals surface area contributed by atoms with E-state index >= 15 is 0 Å². The second kappa shape index (κ2) is 10.4. The molecule has 29 heavy (non-hydrogen) atoms. The number of unbranched alkanes of at least 4 members (excludes halogenated alkanes) is 1. The molecular formula is C22H24N4O2S. The summed E-state index contributed by atoms with van der Waals surface area (Å²) in [6.45, 7) is 0.645. The van der Waals surface area contributed by atoms with Gasteiger partial charge in [-0.1, -0.05) is 36.4 Å². The molecule has 0 saturated carbocycles. The largest absolute Gasteiger partial charge is 0.369 e. The van der Waals surface area contributed by atoms with Crippen molar-refractivity contribution < 1.29 is 9.59 Å². The number of nitrogens with zero attached hydrogens (tertiary/aromatic N) is 1. The van der Waals surface area contributed by atoms with Crippen LogP contribution in [0.25, 0.3) is 0 Å². The standard InChI is InChI=1S/C22H24N4O2S/c23-20(27)14-19-15-29-22(26-19)25-18-11-6-10-17(13-18)21(28)24-12-5-4-9-16-7-2-1-3-8-16/h1-3,6-8,10-11,13,15H,4-5,9,12,14H2,(H2,23,27)(H,24,28)(H,25,26). The number of nitrogens with two attached hydrogens (primary N) is 1. The third kappa shape index (κ3) is 6.73. The summed E-state index contributed by atoms with van der Waals surface area (Å²) in [7, 11) is 0. The van der Waals surface area contributed by atoms with Gasteiger partial charge >= 0.3 is 0 Å². The van der Waals surface area contributed by atoms with E-state index in [4.69, 9.17) is 5.73 Å². The van der Waals surface area contributed by atoms with E-state index in [2.05, 4.69) is 27.8 Å². The molecule has 0 fully saturated rings. The van der Waals surface area contributed by atoms with Crippen LogP contribution < -0.4 is 16.4 Å². The van der Waals surface area contributed by atoms with Crippen LogP contribution in [0.1, 0.15) is 34.5 Å². The molecule has 2 amide bonds. The smallest absolute Gasteiger partial charge is 0.251 e. The van der Waals surface area contributed by atoms with Crippen LogP contribution in [-0.4, -0.2) is 23.3 Å². The number of primary amides is 1. The van der Waals surface area contributed by atoms with Gasteiger partial charge in [0.25, 0.3) is 5.91 Å². The minimum Gasteiger partial charge on any atom is -0.369 e. The minimum absolute atomic E-state index is 0.0954. The zero-order chi connectivity index (χ0) is 20.5. The summed E-state index contributed by atoms with van der Waals surface area (Å²) in [6, 6.07) is 17.6. The van der Waals surface area contributed by atoms with E-state index in [9.17, 15) is 9.59 Å². The van der Waals surface area contributed by atoms with Crippen LogP contribution in [0, 0.1) is 0 Å². The number of aryl methyl sites for hydroxylation is 1. The SMILES string of the molecule is NC(=O)Cc1csc(Nc2cccc(C(=O)NCCCCc3ccccc3)c2)n1. The van der Waals surface area contributed by atoms with Crippen LogP contribution >= 0.6 is 11.3 Å². The molecule has 7 heteroatoms. The molecule has 0 saturated heterocycles. The fourth-order valence-electron chi connectivity index (χ4n) is 2.89. The summed E-state index contributed by atoms with van der Waals surface area (Å²) in [5.41, 5.74) is 8.50. The van der Waals surface area contributed by atoms with Crippen molar-refractivity contribution in [2.75, 3.05) is 11.9 Å². The highest BCUT2D eigenvalue weighted by Crippen LogP contribution is 2.22. The Morgan fingerprint density at radius 3 is 2.66 bits per heavy atom. The van der Waals surface area contributed by atoms with E-state index in [1.165, 1.54) is 16.9 Å². The molecule has 4 N–H and O–H groups in total. The number of carbonyl (C=O) groups is 2. The number of benzene rings is 2. The second-order valence-electron chi connectivity index (χ2n) is 6.69. The van der Waals surface area contributed by atoms with Crippen LogP contribution in [-0.2, 0) is 17.6 Å². The van der Waals surface area contributed by atoms with Gasteiger partial charge in [-0.05, 0) is 43.0 Å². The number of aromatic nitrogens is 1. The van der Waals surface area contributed by atoms with Gasteiger partial charge in [0.15, 0.2) is 5.13 Å². The molecule has 2 aromatic carbocycles. The van der Waals surface area contributed by atoms with Crippen molar-refractivity contribution in [1.29, 1.82) is 0 Å². The first-order valence-corrected chi connectivity index (χ1v) is 10.4. The summed E-state index contributed by atoms with van der Waals surface area (Å²) in [6.07, 6.45) is 3.09. The van der Waals surface area contributed by atoms with Crippen LogP contribution in [0.5, 0.6) is 0 Å². The molecule has 150 valence electrons. The molecule has 3 rings (SSSR count). The second-order valence-corrected chi connectivity index (χ2v) is 7.55. The Bertz CT molecular complexity index is 956. The molecule has 0 aliphatic rings. The molecule has 0 unspecified atom stereocenters. The molecule has 0 bridgehead atoms. The van der Waals surface area contributed by atoms with Crippen molar-refractivity contribution in [2.24, 2.45) is 5.73 Å². The van der Waals surface area contributed by atoms with Crippen LogP contribution in [0.4, 0.5) is 10.8 Å². The van der Waals surface area contributed by atoms with Gasteiger partial charge in [-0.15, -0.1) is 11.3 Å². The fourth-order valence-corrected chi connectivity index (χ4v) is 3.62. The zero-order valence-corrected chi connectivity index (χ0v) is 16.9. The Hall–Kier alpha value is -3.19. The predicted molar refractivity (Wildman–Crippen MR) is 116 cm³/mol. The Balaban J connectivity index is 1.46. The Kier molecular flexibility index (Phi) is 7.35. The van der Waals surface area contributed by atoms with Crippen LogP contribution in [0.3, 0.4) is 0 Å². The van der Waals surface area contributed by atoms with Gasteiger partial charge in [0.2, 0.25) is 5.91 Å².